The summed E-state index contributed by atoms with van der Waals surface area (Å²) >= 11 is 5.95. The van der Waals surface area contributed by atoms with Crippen LogP contribution in [0.4, 0.5) is 5.69 Å². The summed E-state index contributed by atoms with van der Waals surface area (Å²) in [6, 6.07) is 5.17. The highest BCUT2D eigenvalue weighted by Crippen LogP contribution is 2.27. The Balaban J connectivity index is 2.57. The van der Waals surface area contributed by atoms with Crippen LogP contribution in [0, 0.1) is 0 Å². The van der Waals surface area contributed by atoms with Crippen LogP contribution in [-0.4, -0.2) is 48.1 Å². The summed E-state index contributed by atoms with van der Waals surface area (Å²) in [6.07, 6.45) is 0.201. The maximum absolute atomic E-state index is 12.2. The normalized spacial score (nSPS) is 10.5. The van der Waals surface area contributed by atoms with Gasteiger partial charge in [-0.15, -0.1) is 0 Å². The lowest BCUT2D eigenvalue weighted by atomic mass is 10.2. The first kappa shape index (κ1) is 19.1. The molecule has 1 amide bonds. The number of halogens is 1. The molecule has 1 aromatic carbocycles. The van der Waals surface area contributed by atoms with E-state index in [2.05, 4.69) is 5.32 Å². The van der Waals surface area contributed by atoms with Crippen LogP contribution in [0.5, 0.6) is 5.75 Å². The molecule has 0 fully saturated rings. The average molecular weight is 343 g/mol. The van der Waals surface area contributed by atoms with E-state index in [0.717, 1.165) is 5.69 Å². The number of anilines is 1. The first-order valence-electron chi connectivity index (χ1n) is 7.43. The number of benzene rings is 1. The van der Waals surface area contributed by atoms with Crippen molar-refractivity contribution in [3.05, 3.63) is 23.2 Å². The van der Waals surface area contributed by atoms with Gasteiger partial charge in [0.2, 0.25) is 5.91 Å². The molecule has 0 aliphatic carbocycles. The van der Waals surface area contributed by atoms with Gasteiger partial charge >= 0.3 is 5.97 Å². The number of ether oxygens (including phenoxy) is 1. The number of nitrogens with zero attached hydrogens (tertiary/aromatic N) is 1. The van der Waals surface area contributed by atoms with Crippen LogP contribution in [0.3, 0.4) is 0 Å². The Morgan fingerprint density at radius 2 is 2.04 bits per heavy atom. The zero-order chi connectivity index (χ0) is 17.4. The van der Waals surface area contributed by atoms with Crippen LogP contribution in [0.2, 0.25) is 5.02 Å². The van der Waals surface area contributed by atoms with E-state index in [4.69, 9.17) is 21.4 Å². The molecule has 0 unspecified atom stereocenters. The predicted octanol–water partition coefficient (Wildman–Crippen LogP) is 2.86. The number of carbonyl (C=O) groups excluding carboxylic acids is 1. The maximum atomic E-state index is 12.2. The van der Waals surface area contributed by atoms with E-state index in [-0.39, 0.29) is 31.3 Å². The molecule has 0 aliphatic rings. The van der Waals surface area contributed by atoms with Crippen LogP contribution in [-0.2, 0) is 9.59 Å². The lowest BCUT2D eigenvalue weighted by molar-refractivity contribution is -0.139. The van der Waals surface area contributed by atoms with Gasteiger partial charge in [0.1, 0.15) is 5.75 Å². The van der Waals surface area contributed by atoms with Crippen molar-refractivity contribution < 1.29 is 19.4 Å². The highest BCUT2D eigenvalue weighted by atomic mass is 35.5. The van der Waals surface area contributed by atoms with Crippen molar-refractivity contribution in [1.29, 1.82) is 0 Å². The first-order chi connectivity index (χ1) is 10.8. The fraction of sp³-hybridized carbons (Fsp3) is 0.500. The third-order valence-electron chi connectivity index (χ3n) is 3.33. The summed E-state index contributed by atoms with van der Waals surface area (Å²) in [5.74, 6) is -0.353. The van der Waals surface area contributed by atoms with Crippen LogP contribution in [0.25, 0.3) is 0 Å². The fourth-order valence-corrected chi connectivity index (χ4v) is 2.33. The molecule has 0 radical (unpaired) electrons. The summed E-state index contributed by atoms with van der Waals surface area (Å²) in [4.78, 5) is 24.5. The zero-order valence-corrected chi connectivity index (χ0v) is 14.4. The van der Waals surface area contributed by atoms with Crippen LogP contribution < -0.4 is 10.1 Å². The molecule has 0 heterocycles. The Morgan fingerprint density at radius 1 is 1.35 bits per heavy atom. The average Bonchev–Trinajstić information content (AvgIpc) is 2.47. The summed E-state index contributed by atoms with van der Waals surface area (Å²) in [5, 5.41) is 12.5. The molecule has 0 aliphatic heterocycles. The van der Waals surface area contributed by atoms with Crippen molar-refractivity contribution in [2.45, 2.75) is 32.7 Å². The second-order valence-electron chi connectivity index (χ2n) is 5.35. The van der Waals surface area contributed by atoms with Crippen LogP contribution >= 0.6 is 11.6 Å². The molecule has 0 atom stereocenters. The maximum Gasteiger partial charge on any atom is 0.305 e. The van der Waals surface area contributed by atoms with Crippen molar-refractivity contribution in [2.75, 3.05) is 25.5 Å². The Morgan fingerprint density at radius 3 is 2.61 bits per heavy atom. The molecule has 6 nitrogen and oxygen atoms in total. The molecule has 1 rings (SSSR count). The van der Waals surface area contributed by atoms with Gasteiger partial charge in [0, 0.05) is 30.6 Å². The number of carboxylic acids is 1. The molecule has 0 bridgehead atoms. The Kier molecular flexibility index (Phi) is 7.68. The van der Waals surface area contributed by atoms with Crippen molar-refractivity contribution in [1.82, 2.24) is 4.90 Å². The number of amides is 1. The number of nitrogens with one attached hydrogen (secondary N) is 1. The summed E-state index contributed by atoms with van der Waals surface area (Å²) in [7, 11) is 1.56. The molecule has 7 heteroatoms. The second kappa shape index (κ2) is 9.25. The van der Waals surface area contributed by atoms with E-state index in [1.807, 2.05) is 13.8 Å². The molecule has 1 aromatic rings. The topological polar surface area (TPSA) is 78.9 Å². The summed E-state index contributed by atoms with van der Waals surface area (Å²) in [6.45, 7) is 4.36. The third kappa shape index (κ3) is 6.36. The number of carboxylic acid groups (broad SMARTS) is 1. The molecular weight excluding hydrogens is 320 g/mol. The Labute approximate surface area is 141 Å². The summed E-state index contributed by atoms with van der Waals surface area (Å²) in [5.41, 5.74) is 0.717. The van der Waals surface area contributed by atoms with E-state index in [0.29, 0.717) is 17.3 Å². The van der Waals surface area contributed by atoms with Crippen molar-refractivity contribution in [3.8, 4) is 5.75 Å². The van der Waals surface area contributed by atoms with Gasteiger partial charge in [0.15, 0.2) is 0 Å². The van der Waals surface area contributed by atoms with Gasteiger partial charge in [-0.3, -0.25) is 9.59 Å². The second-order valence-corrected chi connectivity index (χ2v) is 5.78. The van der Waals surface area contributed by atoms with Gasteiger partial charge in [-0.2, -0.15) is 0 Å². The fourth-order valence-electron chi connectivity index (χ4n) is 2.15. The minimum atomic E-state index is -0.912. The molecule has 128 valence electrons. The van der Waals surface area contributed by atoms with Gasteiger partial charge in [-0.05, 0) is 32.0 Å². The molecule has 0 saturated carbocycles. The van der Waals surface area contributed by atoms with Gasteiger partial charge < -0.3 is 20.1 Å². The number of rotatable bonds is 9. The Bertz CT molecular complexity index is 549. The quantitative estimate of drug-likeness (QED) is 0.721. The molecule has 2 N–H and O–H groups in total. The largest absolute Gasteiger partial charge is 0.495 e. The third-order valence-corrected chi connectivity index (χ3v) is 3.56. The summed E-state index contributed by atoms with van der Waals surface area (Å²) < 4.78 is 5.23. The lowest BCUT2D eigenvalue weighted by Gasteiger charge is -2.26. The van der Waals surface area contributed by atoms with Gasteiger partial charge in [-0.25, -0.2) is 0 Å². The zero-order valence-electron chi connectivity index (χ0n) is 13.6. The Hall–Kier alpha value is -1.95. The first-order valence-corrected chi connectivity index (χ1v) is 7.81. The van der Waals surface area contributed by atoms with Crippen LogP contribution in [0.15, 0.2) is 18.2 Å². The lowest BCUT2D eigenvalue weighted by Crippen LogP contribution is -2.39. The molecule has 23 heavy (non-hydrogen) atoms. The molecule has 0 spiro atoms. The highest BCUT2D eigenvalue weighted by Gasteiger charge is 2.17. The molecular formula is C16H23ClN2O4. The standard InChI is InChI=1S/C16H23ClN2O4/c1-11(2)19(9-7-16(21)22)15(20)6-8-18-13-10-12(17)4-5-14(13)23-3/h4-5,10-11,18H,6-9H2,1-3H3,(H,21,22). The molecule has 0 saturated heterocycles. The minimum Gasteiger partial charge on any atom is -0.495 e. The SMILES string of the molecule is COc1ccc(Cl)cc1NCCC(=O)N(CCC(=O)O)C(C)C. The number of aliphatic carboxylic acids is 1. The van der Waals surface area contributed by atoms with E-state index >= 15 is 0 Å². The monoisotopic (exact) mass is 342 g/mol. The van der Waals surface area contributed by atoms with Crippen molar-refractivity contribution in [2.24, 2.45) is 0 Å². The number of methoxy groups -OCH3 is 1. The number of carbonyl (C=O) groups is 2. The van der Waals surface area contributed by atoms with Crippen LogP contribution in [0.1, 0.15) is 26.7 Å². The smallest absolute Gasteiger partial charge is 0.305 e. The predicted molar refractivity (Wildman–Crippen MR) is 90.2 cm³/mol. The van der Waals surface area contributed by atoms with Crippen molar-refractivity contribution in [3.63, 3.8) is 0 Å². The van der Waals surface area contributed by atoms with Gasteiger partial charge in [0.05, 0.1) is 19.2 Å². The highest BCUT2D eigenvalue weighted by molar-refractivity contribution is 6.30. The van der Waals surface area contributed by atoms with E-state index < -0.39 is 5.97 Å². The molecule has 0 aromatic heterocycles. The van der Waals surface area contributed by atoms with E-state index in [9.17, 15) is 9.59 Å². The van der Waals surface area contributed by atoms with Gasteiger partial charge in [-0.1, -0.05) is 11.6 Å². The van der Waals surface area contributed by atoms with Crippen molar-refractivity contribution >= 4 is 29.2 Å². The van der Waals surface area contributed by atoms with E-state index in [1.165, 1.54) is 0 Å². The number of hydrogen-bond donors (Lipinski definition) is 2. The van der Waals surface area contributed by atoms with E-state index in [1.54, 1.807) is 30.2 Å². The van der Waals surface area contributed by atoms with Gasteiger partial charge in [0.25, 0.3) is 0 Å². The minimum absolute atomic E-state index is 0.0393. The number of hydrogen-bond acceptors (Lipinski definition) is 4.